The van der Waals surface area contributed by atoms with Gasteiger partial charge in [0, 0.05) is 18.0 Å². The molecule has 0 saturated heterocycles. The van der Waals surface area contributed by atoms with Gasteiger partial charge in [0.2, 0.25) is 0 Å². The fourth-order valence-corrected chi connectivity index (χ4v) is 3.67. The zero-order valence-corrected chi connectivity index (χ0v) is 13.8. The van der Waals surface area contributed by atoms with Crippen LogP contribution in [0.1, 0.15) is 24.4 Å². The lowest BCUT2D eigenvalue weighted by molar-refractivity contribution is 0.191. The van der Waals surface area contributed by atoms with Gasteiger partial charge < -0.3 is 15.0 Å². The summed E-state index contributed by atoms with van der Waals surface area (Å²) in [6, 6.07) is 6.87. The second-order valence-electron chi connectivity index (χ2n) is 5.65. The Morgan fingerprint density at radius 2 is 2.11 bits per heavy atom. The van der Waals surface area contributed by atoms with E-state index in [-0.39, 0.29) is 0 Å². The Balaban J connectivity index is 2.32. The maximum atomic E-state index is 5.32. The number of nitrogens with one attached hydrogen (secondary N) is 1. The molecule has 0 aromatic heterocycles. The van der Waals surface area contributed by atoms with Crippen molar-refractivity contribution in [3.05, 3.63) is 28.2 Å². The Kier molecular flexibility index (Phi) is 4.54. The first-order valence-electron chi connectivity index (χ1n) is 6.68. The van der Waals surface area contributed by atoms with Crippen molar-refractivity contribution in [1.29, 1.82) is 0 Å². The molecule has 1 unspecified atom stereocenters. The Labute approximate surface area is 124 Å². The molecule has 0 radical (unpaired) electrons. The van der Waals surface area contributed by atoms with Crippen LogP contribution in [0.3, 0.4) is 0 Å². The van der Waals surface area contributed by atoms with Gasteiger partial charge in [0.25, 0.3) is 0 Å². The molecule has 1 fully saturated rings. The van der Waals surface area contributed by atoms with Crippen molar-refractivity contribution in [3.63, 3.8) is 0 Å². The number of benzene rings is 1. The van der Waals surface area contributed by atoms with Gasteiger partial charge in [-0.25, -0.2) is 0 Å². The number of nitrogens with zero attached hydrogens (tertiary/aromatic N) is 1. The zero-order chi connectivity index (χ0) is 14.0. The fourth-order valence-electron chi connectivity index (χ4n) is 3.11. The van der Waals surface area contributed by atoms with Crippen LogP contribution in [0, 0.1) is 5.41 Å². The minimum Gasteiger partial charge on any atom is -0.496 e. The van der Waals surface area contributed by atoms with Crippen LogP contribution in [0.4, 0.5) is 0 Å². The van der Waals surface area contributed by atoms with Gasteiger partial charge in [0.05, 0.1) is 11.6 Å². The van der Waals surface area contributed by atoms with E-state index in [9.17, 15) is 0 Å². The van der Waals surface area contributed by atoms with Crippen LogP contribution in [0.2, 0.25) is 0 Å². The van der Waals surface area contributed by atoms with Crippen molar-refractivity contribution in [1.82, 2.24) is 10.2 Å². The van der Waals surface area contributed by atoms with Crippen molar-refractivity contribution >= 4 is 15.9 Å². The lowest BCUT2D eigenvalue weighted by Crippen LogP contribution is -2.34. The van der Waals surface area contributed by atoms with Crippen molar-refractivity contribution in [2.24, 2.45) is 5.41 Å². The second kappa shape index (κ2) is 5.81. The fraction of sp³-hybridized carbons (Fsp3) is 0.600. The predicted molar refractivity (Wildman–Crippen MR) is 82.7 cm³/mol. The largest absolute Gasteiger partial charge is 0.496 e. The third-order valence-electron chi connectivity index (χ3n) is 4.01. The molecule has 0 bridgehead atoms. The maximum Gasteiger partial charge on any atom is 0.133 e. The lowest BCUT2D eigenvalue weighted by atomic mass is 9.89. The molecular weight excluding hydrogens is 304 g/mol. The van der Waals surface area contributed by atoms with Crippen LogP contribution in [-0.4, -0.2) is 39.7 Å². The summed E-state index contributed by atoms with van der Waals surface area (Å²) in [5.74, 6) is 0.889. The van der Waals surface area contributed by atoms with Gasteiger partial charge >= 0.3 is 0 Å². The SMILES string of the molecule is CNCC1(C(c2ccc(OC)c(Br)c2)N(C)C)CC1. The zero-order valence-electron chi connectivity index (χ0n) is 12.2. The summed E-state index contributed by atoms with van der Waals surface area (Å²) >= 11 is 3.59. The maximum absolute atomic E-state index is 5.32. The molecule has 0 heterocycles. The van der Waals surface area contributed by atoms with Crippen LogP contribution >= 0.6 is 15.9 Å². The Bertz CT molecular complexity index is 444. The monoisotopic (exact) mass is 326 g/mol. The van der Waals surface area contributed by atoms with Gasteiger partial charge in [-0.1, -0.05) is 6.07 Å². The molecule has 3 nitrogen and oxygen atoms in total. The van der Waals surface area contributed by atoms with Gasteiger partial charge in [-0.3, -0.25) is 0 Å². The van der Waals surface area contributed by atoms with Gasteiger partial charge in [0.1, 0.15) is 5.75 Å². The summed E-state index contributed by atoms with van der Waals surface area (Å²) in [4.78, 5) is 2.33. The highest BCUT2D eigenvalue weighted by Gasteiger charge is 2.50. The van der Waals surface area contributed by atoms with Crippen molar-refractivity contribution in [2.75, 3.05) is 34.8 Å². The predicted octanol–water partition coefficient (Wildman–Crippen LogP) is 3.06. The van der Waals surface area contributed by atoms with Crippen molar-refractivity contribution in [3.8, 4) is 5.75 Å². The molecule has 1 aliphatic rings. The normalized spacial score (nSPS) is 18.4. The van der Waals surface area contributed by atoms with E-state index in [1.807, 2.05) is 13.1 Å². The molecule has 1 aliphatic carbocycles. The number of rotatable bonds is 6. The molecule has 1 aromatic rings. The molecule has 1 aromatic carbocycles. The summed E-state index contributed by atoms with van der Waals surface area (Å²) in [6.07, 6.45) is 2.58. The summed E-state index contributed by atoms with van der Waals surface area (Å²) in [5.41, 5.74) is 1.73. The average molecular weight is 327 g/mol. The number of methoxy groups -OCH3 is 1. The smallest absolute Gasteiger partial charge is 0.133 e. The first kappa shape index (κ1) is 14.8. The van der Waals surface area contributed by atoms with Crippen LogP contribution in [0.5, 0.6) is 5.75 Å². The molecule has 1 N–H and O–H groups in total. The molecular formula is C15H23BrN2O. The minimum absolute atomic E-state index is 0.381. The number of hydrogen-bond donors (Lipinski definition) is 1. The molecule has 0 aliphatic heterocycles. The Hall–Kier alpha value is -0.580. The van der Waals surface area contributed by atoms with E-state index in [2.05, 4.69) is 52.4 Å². The summed E-state index contributed by atoms with van der Waals surface area (Å²) in [5, 5.41) is 3.35. The lowest BCUT2D eigenvalue weighted by Gasteiger charge is -2.33. The third-order valence-corrected chi connectivity index (χ3v) is 4.63. The molecule has 0 amide bonds. The van der Waals surface area contributed by atoms with Gasteiger partial charge in [0.15, 0.2) is 0 Å². The third kappa shape index (κ3) is 2.96. The Morgan fingerprint density at radius 1 is 1.42 bits per heavy atom. The minimum atomic E-state index is 0.381. The van der Waals surface area contributed by atoms with Crippen molar-refractivity contribution in [2.45, 2.75) is 18.9 Å². The molecule has 4 heteroatoms. The molecule has 2 rings (SSSR count). The molecule has 106 valence electrons. The van der Waals surface area contributed by atoms with E-state index < -0.39 is 0 Å². The van der Waals surface area contributed by atoms with E-state index in [0.29, 0.717) is 11.5 Å². The molecule has 0 spiro atoms. The number of hydrogen-bond acceptors (Lipinski definition) is 3. The summed E-state index contributed by atoms with van der Waals surface area (Å²) in [7, 11) is 8.07. The Morgan fingerprint density at radius 3 is 2.53 bits per heavy atom. The van der Waals surface area contributed by atoms with Crippen LogP contribution in [-0.2, 0) is 0 Å². The van der Waals surface area contributed by atoms with Crippen molar-refractivity contribution < 1.29 is 4.74 Å². The topological polar surface area (TPSA) is 24.5 Å². The first-order valence-corrected chi connectivity index (χ1v) is 7.48. The summed E-state index contributed by atoms with van der Waals surface area (Å²) < 4.78 is 6.34. The van der Waals surface area contributed by atoms with E-state index >= 15 is 0 Å². The van der Waals surface area contributed by atoms with Crippen LogP contribution < -0.4 is 10.1 Å². The standard InChI is InChI=1S/C15H23BrN2O/c1-17-10-15(7-8-15)14(18(2)3)11-5-6-13(19-4)12(16)9-11/h5-6,9,14,17H,7-8,10H2,1-4H3. The number of halogens is 1. The summed E-state index contributed by atoms with van der Waals surface area (Å²) in [6.45, 7) is 1.07. The number of ether oxygens (including phenoxy) is 1. The van der Waals surface area contributed by atoms with Crippen LogP contribution in [0.25, 0.3) is 0 Å². The molecule has 1 saturated carbocycles. The molecule has 1 atom stereocenters. The first-order chi connectivity index (χ1) is 9.04. The molecule has 19 heavy (non-hydrogen) atoms. The highest BCUT2D eigenvalue weighted by atomic mass is 79.9. The average Bonchev–Trinajstić information content (AvgIpc) is 3.10. The van der Waals surface area contributed by atoms with E-state index in [1.165, 1.54) is 18.4 Å². The quantitative estimate of drug-likeness (QED) is 0.869. The van der Waals surface area contributed by atoms with Gasteiger partial charge in [-0.2, -0.15) is 0 Å². The van der Waals surface area contributed by atoms with Gasteiger partial charge in [-0.15, -0.1) is 0 Å². The van der Waals surface area contributed by atoms with Gasteiger partial charge in [-0.05, 0) is 67.6 Å². The van der Waals surface area contributed by atoms with Crippen LogP contribution in [0.15, 0.2) is 22.7 Å². The second-order valence-corrected chi connectivity index (χ2v) is 6.51. The van der Waals surface area contributed by atoms with E-state index in [0.717, 1.165) is 16.8 Å². The van der Waals surface area contributed by atoms with E-state index in [4.69, 9.17) is 4.74 Å². The highest BCUT2D eigenvalue weighted by Crippen LogP contribution is 2.56. The van der Waals surface area contributed by atoms with E-state index in [1.54, 1.807) is 7.11 Å². The highest BCUT2D eigenvalue weighted by molar-refractivity contribution is 9.10.